The number of halogens is 4. The summed E-state index contributed by atoms with van der Waals surface area (Å²) in [6.07, 6.45) is 3.04. The lowest BCUT2D eigenvalue weighted by molar-refractivity contribution is 0.0564. The summed E-state index contributed by atoms with van der Waals surface area (Å²) in [5.41, 5.74) is 1.82. The Morgan fingerprint density at radius 2 is 2.00 bits per heavy atom. The second kappa shape index (κ2) is 10.9. The fraction of sp³-hybridized carbons (Fsp3) is 0.375. The number of aliphatic imine (C=N–C) groups is 1. The molecule has 3 aromatic rings. The predicted octanol–water partition coefficient (Wildman–Crippen LogP) is 3.25. The van der Waals surface area contributed by atoms with Crippen LogP contribution in [0.3, 0.4) is 0 Å². The maximum Gasteiger partial charge on any atom is 0.333 e. The van der Waals surface area contributed by atoms with Crippen molar-refractivity contribution in [3.8, 4) is 0 Å². The molecule has 2 fully saturated rings. The van der Waals surface area contributed by atoms with Gasteiger partial charge in [0.2, 0.25) is 0 Å². The maximum atomic E-state index is 14.0. The molecular formula is C24H24ClF3N8O2S2. The van der Waals surface area contributed by atoms with Crippen molar-refractivity contribution in [1.82, 2.24) is 34.0 Å². The Kier molecular flexibility index (Phi) is 7.43. The van der Waals surface area contributed by atoms with Crippen LogP contribution in [0.5, 0.6) is 0 Å². The minimum Gasteiger partial charge on any atom is -0.326 e. The molecule has 6 rings (SSSR count). The summed E-state index contributed by atoms with van der Waals surface area (Å²) in [5.74, 6) is -0.0500. The summed E-state index contributed by atoms with van der Waals surface area (Å²) in [4.78, 5) is 11.2. The van der Waals surface area contributed by atoms with Crippen LogP contribution < -0.4 is 10.0 Å². The molecule has 0 radical (unpaired) electrons. The molecule has 10 nitrogen and oxygen atoms in total. The number of aromatic nitrogens is 3. The van der Waals surface area contributed by atoms with Crippen molar-refractivity contribution < 1.29 is 21.6 Å². The van der Waals surface area contributed by atoms with Crippen molar-refractivity contribution in [2.24, 2.45) is 4.99 Å². The Morgan fingerprint density at radius 1 is 1.20 bits per heavy atom. The van der Waals surface area contributed by atoms with Crippen LogP contribution in [0.1, 0.15) is 35.3 Å². The summed E-state index contributed by atoms with van der Waals surface area (Å²) in [5, 5.41) is 9.74. The molecule has 2 atom stereocenters. The molecule has 0 amide bonds. The minimum absolute atomic E-state index is 0.112. The van der Waals surface area contributed by atoms with E-state index >= 15 is 0 Å². The molecule has 0 saturated carbocycles. The van der Waals surface area contributed by atoms with E-state index in [1.807, 2.05) is 4.90 Å². The number of thiazole rings is 1. The van der Waals surface area contributed by atoms with Crippen LogP contribution in [0.4, 0.5) is 13.2 Å². The van der Waals surface area contributed by atoms with Crippen molar-refractivity contribution in [3.63, 3.8) is 0 Å². The van der Waals surface area contributed by atoms with Crippen LogP contribution in [-0.2, 0) is 10.2 Å². The van der Waals surface area contributed by atoms with Gasteiger partial charge in [-0.2, -0.15) is 31.3 Å². The van der Waals surface area contributed by atoms with Gasteiger partial charge in [0.1, 0.15) is 11.9 Å². The van der Waals surface area contributed by atoms with Crippen LogP contribution >= 0.6 is 22.9 Å². The second-order valence-electron chi connectivity index (χ2n) is 9.46. The third-order valence-corrected chi connectivity index (χ3v) is 9.73. The lowest BCUT2D eigenvalue weighted by atomic mass is 9.92. The zero-order chi connectivity index (χ0) is 28.0. The Bertz CT molecular complexity index is 1570. The molecule has 40 heavy (non-hydrogen) atoms. The molecule has 0 spiro atoms. The minimum atomic E-state index is -3.79. The molecule has 2 aromatic heterocycles. The van der Waals surface area contributed by atoms with Crippen LogP contribution in [-0.4, -0.2) is 77.0 Å². The van der Waals surface area contributed by atoms with E-state index in [9.17, 15) is 21.6 Å². The van der Waals surface area contributed by atoms with E-state index < -0.39 is 34.7 Å². The second-order valence-corrected chi connectivity index (χ2v) is 12.5. The van der Waals surface area contributed by atoms with Crippen molar-refractivity contribution in [3.05, 3.63) is 74.8 Å². The smallest absolute Gasteiger partial charge is 0.326 e. The molecular weight excluding hydrogens is 589 g/mol. The highest BCUT2D eigenvalue weighted by atomic mass is 35.5. The number of fused-ring (bicyclic) bond motifs is 1. The number of rotatable bonds is 7. The fourth-order valence-corrected chi connectivity index (χ4v) is 7.51. The number of piperazine rings is 1. The Balaban J connectivity index is 1.47. The van der Waals surface area contributed by atoms with Gasteiger partial charge in [0.05, 0.1) is 5.69 Å². The zero-order valence-corrected chi connectivity index (χ0v) is 23.2. The van der Waals surface area contributed by atoms with Gasteiger partial charge in [0, 0.05) is 84.8 Å². The van der Waals surface area contributed by atoms with Gasteiger partial charge in [0.15, 0.2) is 10.8 Å². The van der Waals surface area contributed by atoms with E-state index in [0.29, 0.717) is 58.5 Å². The summed E-state index contributed by atoms with van der Waals surface area (Å²) >= 11 is 7.83. The van der Waals surface area contributed by atoms with Crippen LogP contribution in [0.25, 0.3) is 5.57 Å². The predicted molar refractivity (Wildman–Crippen MR) is 145 cm³/mol. The third kappa shape index (κ3) is 5.17. The summed E-state index contributed by atoms with van der Waals surface area (Å²) in [7, 11) is -3.79. The monoisotopic (exact) mass is 612 g/mol. The maximum absolute atomic E-state index is 14.0. The van der Waals surface area contributed by atoms with E-state index in [0.717, 1.165) is 0 Å². The first-order valence-electron chi connectivity index (χ1n) is 12.5. The fourth-order valence-electron chi connectivity index (χ4n) is 5.20. The van der Waals surface area contributed by atoms with Crippen molar-refractivity contribution in [1.29, 1.82) is 0 Å². The standard InChI is InChI=1S/C24H24ClF3N8O2S2/c25-17-11-14(26)1-2-16(17)21-20(18-3-7-36(32-18)24(27)28)19-12-15(33-40(37,38)34-8-4-29-5-9-34)13-35(19)22(31-21)23-30-6-10-39-23/h1-3,6-7,10-11,15,21,24,29,33H,4-5,8-9,12-13H2/t15-,21-/m0/s1. The number of hydrogen-bond acceptors (Lipinski definition) is 8. The molecule has 2 saturated heterocycles. The molecule has 16 heteroatoms. The third-order valence-electron chi connectivity index (χ3n) is 6.96. The van der Waals surface area contributed by atoms with E-state index in [1.54, 1.807) is 11.6 Å². The van der Waals surface area contributed by atoms with Crippen LogP contribution in [0, 0.1) is 5.82 Å². The van der Waals surface area contributed by atoms with Crippen molar-refractivity contribution in [2.45, 2.75) is 25.1 Å². The Morgan fingerprint density at radius 3 is 2.67 bits per heavy atom. The average molecular weight is 613 g/mol. The van der Waals surface area contributed by atoms with Crippen molar-refractivity contribution in [2.75, 3.05) is 32.7 Å². The molecule has 3 aliphatic heterocycles. The molecule has 0 aliphatic carbocycles. The van der Waals surface area contributed by atoms with E-state index in [-0.39, 0.29) is 23.7 Å². The number of nitrogens with zero attached hydrogens (tertiary/aromatic N) is 6. The SMILES string of the molecule is O=S(=O)(N[C@H]1CC2=C(c3ccn(C(F)F)n3)[C@H](c3ccc(F)cc3Cl)N=C(c3nccs3)N2C1)N1CCNCC1. The molecule has 0 bridgehead atoms. The Labute approximate surface area is 237 Å². The number of nitrogens with one attached hydrogen (secondary N) is 2. The van der Waals surface area contributed by atoms with Crippen LogP contribution in [0.2, 0.25) is 5.02 Å². The molecule has 3 aliphatic rings. The molecule has 2 N–H and O–H groups in total. The zero-order valence-electron chi connectivity index (χ0n) is 20.8. The van der Waals surface area contributed by atoms with Gasteiger partial charge in [-0.05, 0) is 18.2 Å². The van der Waals surface area contributed by atoms with Gasteiger partial charge in [-0.25, -0.2) is 14.1 Å². The van der Waals surface area contributed by atoms with Crippen molar-refractivity contribution >= 4 is 44.6 Å². The number of amidine groups is 1. The summed E-state index contributed by atoms with van der Waals surface area (Å²) in [6, 6.07) is 4.01. The van der Waals surface area contributed by atoms with E-state index in [4.69, 9.17) is 16.6 Å². The molecule has 212 valence electrons. The van der Waals surface area contributed by atoms with Gasteiger partial charge in [0.25, 0.3) is 10.2 Å². The van der Waals surface area contributed by atoms with E-state index in [1.165, 1.54) is 46.1 Å². The normalized spacial score (nSPS) is 22.2. The van der Waals surface area contributed by atoms with Crippen LogP contribution in [0.15, 0.2) is 52.7 Å². The first-order valence-corrected chi connectivity index (χ1v) is 15.2. The topological polar surface area (TPSA) is 108 Å². The number of benzene rings is 1. The summed E-state index contributed by atoms with van der Waals surface area (Å²) < 4.78 is 72.2. The van der Waals surface area contributed by atoms with Gasteiger partial charge in [-0.15, -0.1) is 11.3 Å². The lowest BCUT2D eigenvalue weighted by Crippen LogP contribution is -2.52. The van der Waals surface area contributed by atoms with Gasteiger partial charge < -0.3 is 10.2 Å². The quantitative estimate of drug-likeness (QED) is 0.424. The summed E-state index contributed by atoms with van der Waals surface area (Å²) in [6.45, 7) is -0.809. The highest BCUT2D eigenvalue weighted by Gasteiger charge is 2.42. The lowest BCUT2D eigenvalue weighted by Gasteiger charge is -2.32. The first-order chi connectivity index (χ1) is 19.2. The molecule has 5 heterocycles. The van der Waals surface area contributed by atoms with Gasteiger partial charge in [-0.3, -0.25) is 4.99 Å². The average Bonchev–Trinajstić information content (AvgIpc) is 3.69. The Hall–Kier alpha value is -2.82. The first kappa shape index (κ1) is 27.4. The molecule has 0 unspecified atom stereocenters. The highest BCUT2D eigenvalue weighted by Crippen LogP contribution is 2.46. The van der Waals surface area contributed by atoms with Gasteiger partial charge in [-0.1, -0.05) is 17.7 Å². The highest BCUT2D eigenvalue weighted by molar-refractivity contribution is 7.87. The number of alkyl halides is 2. The largest absolute Gasteiger partial charge is 0.333 e. The van der Waals surface area contributed by atoms with E-state index in [2.05, 4.69) is 20.1 Å². The number of hydrogen-bond donors (Lipinski definition) is 2. The molecule has 1 aromatic carbocycles. The van der Waals surface area contributed by atoms with Gasteiger partial charge >= 0.3 is 6.55 Å².